The normalized spacial score (nSPS) is 34.5. The molecule has 0 spiro atoms. The van der Waals surface area contributed by atoms with Crippen LogP contribution in [0.4, 0.5) is 14.6 Å². The molecule has 5 aromatic rings. The quantitative estimate of drug-likeness (QED) is 0.131. The number of anilines is 1. The van der Waals surface area contributed by atoms with Gasteiger partial charge in [0.05, 0.1) is 25.2 Å². The molecule has 14 bridgehead atoms. The Hall–Kier alpha value is -3.59. The van der Waals surface area contributed by atoms with E-state index >= 15 is 8.78 Å². The van der Waals surface area contributed by atoms with Crippen molar-refractivity contribution in [1.29, 1.82) is 0 Å². The van der Waals surface area contributed by atoms with E-state index in [1.165, 1.54) is 33.0 Å². The summed E-state index contributed by atoms with van der Waals surface area (Å²) in [5.74, 6) is -0.233. The highest BCUT2D eigenvalue weighted by molar-refractivity contribution is 8.44. The molecule has 3 fully saturated rings. The topological polar surface area (TPSA) is 187 Å². The number of allylic oxidation sites excluding steroid dienone is 1. The number of hydrogen-bond donors (Lipinski definition) is 2. The molecule has 2 unspecified atom stereocenters. The molecule has 4 aromatic heterocycles. The van der Waals surface area contributed by atoms with E-state index < -0.39 is 75.9 Å². The third-order valence-electron chi connectivity index (χ3n) is 9.85. The van der Waals surface area contributed by atoms with E-state index in [2.05, 4.69) is 37.2 Å². The number of aryl methyl sites for hydroxylation is 1. The molecule has 5 aliphatic heterocycles. The van der Waals surface area contributed by atoms with Crippen LogP contribution in [0.5, 0.6) is 0 Å². The number of halogens is 2. The zero-order valence-corrected chi connectivity index (χ0v) is 32.4. The van der Waals surface area contributed by atoms with Crippen LogP contribution in [0, 0.1) is 0 Å². The number of benzene rings is 1. The first-order chi connectivity index (χ1) is 27.0. The molecule has 0 saturated carbocycles. The first-order valence-electron chi connectivity index (χ1n) is 17.4. The van der Waals surface area contributed by atoms with Gasteiger partial charge in [-0.25, -0.2) is 38.3 Å². The average Bonchev–Trinajstić information content (AvgIpc) is 3.95. The van der Waals surface area contributed by atoms with Gasteiger partial charge in [0, 0.05) is 23.7 Å². The molecule has 17 nitrogen and oxygen atoms in total. The Bertz CT molecular complexity index is 2430. The Morgan fingerprint density at radius 3 is 2.36 bits per heavy atom. The number of alkyl halides is 2. The second-order valence-electron chi connectivity index (χ2n) is 13.3. The third kappa shape index (κ3) is 7.02. The van der Waals surface area contributed by atoms with Crippen molar-refractivity contribution in [3.63, 3.8) is 0 Å². The minimum atomic E-state index is -4.42. The highest BCUT2D eigenvalue weighted by Gasteiger charge is 2.54. The Morgan fingerprint density at radius 2 is 1.57 bits per heavy atom. The van der Waals surface area contributed by atoms with Crippen LogP contribution in [-0.4, -0.2) is 101 Å². The van der Waals surface area contributed by atoms with Gasteiger partial charge in [0.25, 0.3) is 5.91 Å². The monoisotopic (exact) mass is 848 g/mol. The number of carbonyl (C=O) groups is 1. The van der Waals surface area contributed by atoms with E-state index in [-0.39, 0.29) is 29.4 Å². The number of thiol groups is 1. The van der Waals surface area contributed by atoms with E-state index in [0.29, 0.717) is 35.1 Å². The van der Waals surface area contributed by atoms with Gasteiger partial charge in [0.1, 0.15) is 42.7 Å². The number of fused-ring (bicyclic) bond motifs is 10. The summed E-state index contributed by atoms with van der Waals surface area (Å²) in [4.78, 5) is 48.8. The lowest BCUT2D eigenvalue weighted by atomic mass is 10.1. The summed E-state index contributed by atoms with van der Waals surface area (Å²) >= 11 is 9.39. The van der Waals surface area contributed by atoms with Crippen molar-refractivity contribution in [1.82, 2.24) is 34.1 Å². The number of hydrogen-bond acceptors (Lipinski definition) is 14. The van der Waals surface area contributed by atoms with Crippen molar-refractivity contribution < 1.29 is 50.6 Å². The first-order valence-corrected chi connectivity index (χ1v) is 22.7. The van der Waals surface area contributed by atoms with Gasteiger partial charge >= 0.3 is 13.5 Å². The summed E-state index contributed by atoms with van der Waals surface area (Å²) in [6.07, 6.45) is -2.77. The van der Waals surface area contributed by atoms with Crippen LogP contribution in [0.15, 0.2) is 73.7 Å². The predicted molar refractivity (Wildman–Crippen MR) is 201 cm³/mol. The Balaban J connectivity index is 1.16. The molecule has 56 heavy (non-hydrogen) atoms. The summed E-state index contributed by atoms with van der Waals surface area (Å²) in [5.41, 5.74) is 1.65. The van der Waals surface area contributed by atoms with E-state index in [1.807, 2.05) is 12.2 Å². The number of nitrogens with zero attached hydrogens (tertiary/aromatic N) is 8. The van der Waals surface area contributed by atoms with Gasteiger partial charge in [0.15, 0.2) is 41.8 Å². The third-order valence-corrected chi connectivity index (χ3v) is 13.0. The number of rotatable bonds is 1. The number of ether oxygens (including phenoxy) is 2. The van der Waals surface area contributed by atoms with Crippen LogP contribution >= 0.6 is 25.8 Å². The summed E-state index contributed by atoms with van der Waals surface area (Å²) in [7, 11) is 0. The molecule has 3 saturated heterocycles. The van der Waals surface area contributed by atoms with Crippen molar-refractivity contribution in [3.05, 3.63) is 85.0 Å². The molecular formula is C33H32F2N8O9P2S2. The van der Waals surface area contributed by atoms with Gasteiger partial charge in [0.2, 0.25) is 0 Å². The second kappa shape index (κ2) is 15.0. The highest BCUT2D eigenvalue weighted by Crippen LogP contribution is 2.58. The van der Waals surface area contributed by atoms with Gasteiger partial charge in [-0.15, -0.1) is 0 Å². The molecule has 0 radical (unpaired) electrons. The molecule has 23 heteroatoms. The zero-order chi connectivity index (χ0) is 38.8. The Kier molecular flexibility index (Phi) is 10.1. The van der Waals surface area contributed by atoms with Crippen LogP contribution in [0.1, 0.15) is 34.9 Å². The maximum atomic E-state index is 16.6. The number of carbonyl (C=O) groups excluding carboxylic acids is 1. The fourth-order valence-corrected chi connectivity index (χ4v) is 10.2. The molecule has 5 aliphatic rings. The van der Waals surface area contributed by atoms with E-state index in [0.717, 1.165) is 0 Å². The highest BCUT2D eigenvalue weighted by atomic mass is 32.7. The SMILES string of the molecule is O=C(c1ccccc1)N1C/C=C/CCc2ncnc3c2ccn3[C@@H]2O[C@@H]3COP(O)(=S)O[C@H]4[C@@H](F)[C@@H](O[C@@H]4COP(=O)(S)O[C@H]3[C@H]2F)n2cnc3c1ncnc32. The van der Waals surface area contributed by atoms with Crippen LogP contribution in [0.25, 0.3) is 22.2 Å². The fourth-order valence-electron chi connectivity index (χ4n) is 7.23. The van der Waals surface area contributed by atoms with Crippen molar-refractivity contribution in [2.24, 2.45) is 0 Å². The Labute approximate surface area is 326 Å². The number of amides is 1. The smallest absolute Gasteiger partial charge is 0.346 e. The molecule has 294 valence electrons. The van der Waals surface area contributed by atoms with Crippen LogP contribution in [0.2, 0.25) is 0 Å². The van der Waals surface area contributed by atoms with Gasteiger partial charge in [-0.05, 0) is 42.8 Å². The second-order valence-corrected chi connectivity index (χ2v) is 18.9. The van der Waals surface area contributed by atoms with Gasteiger partial charge in [-0.2, -0.15) is 0 Å². The van der Waals surface area contributed by atoms with Crippen LogP contribution in [0.3, 0.4) is 0 Å². The zero-order valence-electron chi connectivity index (χ0n) is 28.9. The molecule has 1 N–H and O–H groups in total. The maximum absolute atomic E-state index is 16.6. The molecule has 10 atom stereocenters. The predicted octanol–water partition coefficient (Wildman–Crippen LogP) is 4.96. The summed E-state index contributed by atoms with van der Waals surface area (Å²) in [6.45, 7) is -9.91. The average molecular weight is 849 g/mol. The van der Waals surface area contributed by atoms with Gasteiger partial charge < -0.3 is 23.5 Å². The number of aromatic nitrogens is 7. The first kappa shape index (κ1) is 38.0. The summed E-state index contributed by atoms with van der Waals surface area (Å²) < 4.78 is 84.1. The molecule has 1 aromatic carbocycles. The van der Waals surface area contributed by atoms with Crippen molar-refractivity contribution in [2.75, 3.05) is 24.7 Å². The molecule has 1 amide bonds. The number of imidazole rings is 1. The van der Waals surface area contributed by atoms with E-state index in [4.69, 9.17) is 39.4 Å². The molecular weight excluding hydrogens is 816 g/mol. The molecule has 0 aliphatic carbocycles. The lowest BCUT2D eigenvalue weighted by Gasteiger charge is -2.29. The minimum absolute atomic E-state index is 0.0788. The van der Waals surface area contributed by atoms with Crippen molar-refractivity contribution in [2.45, 2.75) is 62.1 Å². The van der Waals surface area contributed by atoms with Gasteiger partial charge in [-0.3, -0.25) is 27.8 Å². The van der Waals surface area contributed by atoms with Crippen molar-refractivity contribution in [3.8, 4) is 0 Å². The standard InChI is InChI=1S/C33H32F2N8O9P2S2/c34-23-26-21-13-47-54(46,56)52-27-22(14-48-53(45,55)51-26)50-33(24(27)35)43-17-40-25-29(38-16-39-30(25)43)41(31(44)18-7-3-1-4-8-18)11-6-2-5-9-20-19-10-12-42(32(23)49-21)28(19)37-15-36-20/h1-4,6-8,10,12,15-17,21-24,26-27,32-33H,5,9,11,13-14H2,(H,45,55)(H,46,56)/b6-2+/t21-,22-,23-,24-,26-,27-,32-,33-,53?,54?/m1/s1. The van der Waals surface area contributed by atoms with Crippen LogP contribution in [-0.2, 0) is 50.4 Å². The fraction of sp³-hybridized carbons (Fsp3) is 0.394. The summed E-state index contributed by atoms with van der Waals surface area (Å²) in [5, 5.41) is 0.627. The largest absolute Gasteiger partial charge is 0.386 e. The Morgan fingerprint density at radius 1 is 0.875 bits per heavy atom. The maximum Gasteiger partial charge on any atom is 0.386 e. The molecule has 10 rings (SSSR count). The summed E-state index contributed by atoms with van der Waals surface area (Å²) in [6, 6.07) is 10.3. The van der Waals surface area contributed by atoms with Crippen molar-refractivity contribution >= 4 is 71.5 Å². The minimum Gasteiger partial charge on any atom is -0.346 e. The molecule has 9 heterocycles. The van der Waals surface area contributed by atoms with Crippen LogP contribution < -0.4 is 4.90 Å². The van der Waals surface area contributed by atoms with E-state index in [1.54, 1.807) is 42.6 Å². The lowest BCUT2D eigenvalue weighted by Crippen LogP contribution is -2.37. The lowest BCUT2D eigenvalue weighted by molar-refractivity contribution is -0.0563. The van der Waals surface area contributed by atoms with Gasteiger partial charge in [-0.1, -0.05) is 42.6 Å². The van der Waals surface area contributed by atoms with E-state index in [9.17, 15) is 14.3 Å².